The molecule has 1 saturated heterocycles. The third kappa shape index (κ3) is 5.21. The maximum Gasteiger partial charge on any atom is 0.319 e. The molecule has 2 atom stereocenters. The molecule has 2 rings (SSSR count). The van der Waals surface area contributed by atoms with Gasteiger partial charge in [0.15, 0.2) is 0 Å². The predicted octanol–water partition coefficient (Wildman–Crippen LogP) is 4.19. The van der Waals surface area contributed by atoms with Crippen molar-refractivity contribution in [2.45, 2.75) is 56.3 Å². The van der Waals surface area contributed by atoms with E-state index in [9.17, 15) is 4.79 Å². The molecule has 0 aromatic heterocycles. The number of benzene rings is 1. The molecule has 0 saturated carbocycles. The molecule has 2 N–H and O–H groups in total. The number of anilines is 1. The summed E-state index contributed by atoms with van der Waals surface area (Å²) < 4.78 is 5.50. The molecule has 1 fully saturated rings. The van der Waals surface area contributed by atoms with Crippen LogP contribution in [-0.2, 0) is 4.74 Å². The molecule has 0 aliphatic carbocycles. The van der Waals surface area contributed by atoms with Gasteiger partial charge >= 0.3 is 6.03 Å². The lowest BCUT2D eigenvalue weighted by atomic mass is 10.2. The second kappa shape index (κ2) is 8.44. The molecule has 2 unspecified atom stereocenters. The molecule has 4 nitrogen and oxygen atoms in total. The summed E-state index contributed by atoms with van der Waals surface area (Å²) in [6.07, 6.45) is 3.43. The van der Waals surface area contributed by atoms with Crippen molar-refractivity contribution in [2.24, 2.45) is 0 Å². The van der Waals surface area contributed by atoms with E-state index in [4.69, 9.17) is 4.74 Å². The lowest BCUT2D eigenvalue weighted by molar-refractivity contribution is 0.112. The fourth-order valence-corrected chi connectivity index (χ4v) is 3.37. The highest BCUT2D eigenvalue weighted by Crippen LogP contribution is 2.28. The molecular formula is C17H26N2O2S. The van der Waals surface area contributed by atoms with Crippen LogP contribution in [0.25, 0.3) is 0 Å². The topological polar surface area (TPSA) is 50.4 Å². The number of carbonyl (C=O) groups excluding carboxylic acids is 1. The first-order chi connectivity index (χ1) is 10.6. The first-order valence-corrected chi connectivity index (χ1v) is 8.90. The van der Waals surface area contributed by atoms with E-state index in [1.54, 1.807) is 0 Å². The van der Waals surface area contributed by atoms with Gasteiger partial charge in [-0.2, -0.15) is 0 Å². The minimum absolute atomic E-state index is 0.166. The van der Waals surface area contributed by atoms with E-state index in [1.165, 1.54) is 4.90 Å². The second-order valence-electron chi connectivity index (χ2n) is 5.78. The predicted molar refractivity (Wildman–Crippen MR) is 92.8 cm³/mol. The minimum Gasteiger partial charge on any atom is -0.376 e. The van der Waals surface area contributed by atoms with Gasteiger partial charge in [0, 0.05) is 29.0 Å². The Kier molecular flexibility index (Phi) is 6.58. The van der Waals surface area contributed by atoms with Crippen LogP contribution in [0.5, 0.6) is 0 Å². The summed E-state index contributed by atoms with van der Waals surface area (Å²) in [5.74, 6) is 0. The molecule has 122 valence electrons. The van der Waals surface area contributed by atoms with Crippen LogP contribution in [0, 0.1) is 6.92 Å². The first kappa shape index (κ1) is 17.2. The van der Waals surface area contributed by atoms with Crippen molar-refractivity contribution < 1.29 is 9.53 Å². The lowest BCUT2D eigenvalue weighted by Gasteiger charge is -2.14. The number of rotatable bonds is 6. The van der Waals surface area contributed by atoms with Crippen LogP contribution in [0.4, 0.5) is 10.5 Å². The summed E-state index contributed by atoms with van der Waals surface area (Å²) in [5, 5.41) is 6.39. The van der Waals surface area contributed by atoms with Crippen LogP contribution in [0.1, 0.15) is 38.7 Å². The highest BCUT2D eigenvalue weighted by molar-refractivity contribution is 7.99. The molecule has 0 radical (unpaired) electrons. The fourth-order valence-electron chi connectivity index (χ4n) is 2.34. The fraction of sp³-hybridized carbons (Fsp3) is 0.588. The monoisotopic (exact) mass is 322 g/mol. The van der Waals surface area contributed by atoms with Gasteiger partial charge in [0.25, 0.3) is 0 Å². The Balaban J connectivity index is 1.84. The Labute approximate surface area is 137 Å². The number of carbonyl (C=O) groups is 1. The van der Waals surface area contributed by atoms with E-state index in [0.717, 1.165) is 37.1 Å². The SMILES string of the molecule is CCC(C)Sc1ccc(NC(=O)NCC2CCCO2)c(C)c1. The van der Waals surface area contributed by atoms with Crippen LogP contribution in [-0.4, -0.2) is 30.5 Å². The largest absolute Gasteiger partial charge is 0.376 e. The number of aryl methyl sites for hydroxylation is 1. The zero-order valence-electron chi connectivity index (χ0n) is 13.6. The summed E-state index contributed by atoms with van der Waals surface area (Å²) in [7, 11) is 0. The molecular weight excluding hydrogens is 296 g/mol. The van der Waals surface area contributed by atoms with Crippen LogP contribution in [0.15, 0.2) is 23.1 Å². The van der Waals surface area contributed by atoms with E-state index >= 15 is 0 Å². The Hall–Kier alpha value is -1.20. The van der Waals surface area contributed by atoms with E-state index in [2.05, 4.69) is 36.6 Å². The molecule has 22 heavy (non-hydrogen) atoms. The van der Waals surface area contributed by atoms with Crippen molar-refractivity contribution in [1.29, 1.82) is 0 Å². The normalized spacial score (nSPS) is 19.0. The molecule has 1 aliphatic heterocycles. The number of thioether (sulfide) groups is 1. The first-order valence-electron chi connectivity index (χ1n) is 8.02. The van der Waals surface area contributed by atoms with Gasteiger partial charge in [0.05, 0.1) is 6.10 Å². The van der Waals surface area contributed by atoms with E-state index in [1.807, 2.05) is 24.8 Å². The zero-order chi connectivity index (χ0) is 15.9. The highest BCUT2D eigenvalue weighted by atomic mass is 32.2. The quantitative estimate of drug-likeness (QED) is 0.772. The molecule has 2 amide bonds. The number of urea groups is 1. The average molecular weight is 322 g/mol. The maximum absolute atomic E-state index is 11.9. The maximum atomic E-state index is 11.9. The van der Waals surface area contributed by atoms with Gasteiger partial charge in [-0.1, -0.05) is 13.8 Å². The number of hydrogen-bond donors (Lipinski definition) is 2. The lowest BCUT2D eigenvalue weighted by Crippen LogP contribution is -2.35. The number of nitrogens with one attached hydrogen (secondary N) is 2. The van der Waals surface area contributed by atoms with Gasteiger partial charge in [-0.15, -0.1) is 11.8 Å². The van der Waals surface area contributed by atoms with Gasteiger partial charge in [-0.25, -0.2) is 4.79 Å². The highest BCUT2D eigenvalue weighted by Gasteiger charge is 2.16. The summed E-state index contributed by atoms with van der Waals surface area (Å²) in [6, 6.07) is 6.01. The van der Waals surface area contributed by atoms with Gasteiger partial charge in [0.1, 0.15) is 0 Å². The van der Waals surface area contributed by atoms with E-state index in [-0.39, 0.29) is 12.1 Å². The van der Waals surface area contributed by atoms with Crippen LogP contribution in [0.2, 0.25) is 0 Å². The number of amides is 2. The number of ether oxygens (including phenoxy) is 1. The van der Waals surface area contributed by atoms with E-state index < -0.39 is 0 Å². The molecule has 0 bridgehead atoms. The Morgan fingerprint density at radius 1 is 1.50 bits per heavy atom. The summed E-state index contributed by atoms with van der Waals surface area (Å²) in [4.78, 5) is 13.2. The minimum atomic E-state index is -0.166. The Morgan fingerprint density at radius 3 is 2.95 bits per heavy atom. The third-order valence-electron chi connectivity index (χ3n) is 3.87. The van der Waals surface area contributed by atoms with Crippen molar-refractivity contribution >= 4 is 23.5 Å². The molecule has 1 heterocycles. The standard InChI is InChI=1S/C17H26N2O2S/c1-4-13(3)22-15-7-8-16(12(2)10-15)19-17(20)18-11-14-6-5-9-21-14/h7-8,10,13-14H,4-6,9,11H2,1-3H3,(H2,18,19,20). The van der Waals surface area contributed by atoms with Crippen molar-refractivity contribution in [2.75, 3.05) is 18.5 Å². The molecule has 1 aromatic rings. The second-order valence-corrected chi connectivity index (χ2v) is 7.30. The molecule has 0 spiro atoms. The van der Waals surface area contributed by atoms with Gasteiger partial charge < -0.3 is 15.4 Å². The van der Waals surface area contributed by atoms with Gasteiger partial charge in [-0.3, -0.25) is 0 Å². The van der Waals surface area contributed by atoms with Crippen molar-refractivity contribution in [3.05, 3.63) is 23.8 Å². The number of hydrogen-bond acceptors (Lipinski definition) is 3. The molecule has 5 heteroatoms. The smallest absolute Gasteiger partial charge is 0.319 e. The van der Waals surface area contributed by atoms with E-state index in [0.29, 0.717) is 11.8 Å². The van der Waals surface area contributed by atoms with Crippen LogP contribution < -0.4 is 10.6 Å². The van der Waals surface area contributed by atoms with Crippen molar-refractivity contribution in [1.82, 2.24) is 5.32 Å². The molecule has 1 aliphatic rings. The summed E-state index contributed by atoms with van der Waals surface area (Å²) in [6.45, 7) is 7.83. The van der Waals surface area contributed by atoms with Crippen LogP contribution >= 0.6 is 11.8 Å². The zero-order valence-corrected chi connectivity index (χ0v) is 14.5. The summed E-state index contributed by atoms with van der Waals surface area (Å²) >= 11 is 1.87. The van der Waals surface area contributed by atoms with Gasteiger partial charge in [0.2, 0.25) is 0 Å². The Bertz CT molecular complexity index is 501. The molecule has 1 aromatic carbocycles. The average Bonchev–Trinajstić information content (AvgIpc) is 3.01. The Morgan fingerprint density at radius 2 is 2.32 bits per heavy atom. The summed E-state index contributed by atoms with van der Waals surface area (Å²) in [5.41, 5.74) is 1.94. The van der Waals surface area contributed by atoms with Crippen molar-refractivity contribution in [3.63, 3.8) is 0 Å². The third-order valence-corrected chi connectivity index (χ3v) is 5.13. The van der Waals surface area contributed by atoms with Crippen LogP contribution in [0.3, 0.4) is 0 Å². The van der Waals surface area contributed by atoms with Gasteiger partial charge in [-0.05, 0) is 49.9 Å². The van der Waals surface area contributed by atoms with Crippen molar-refractivity contribution in [3.8, 4) is 0 Å².